The minimum absolute atomic E-state index is 0.0273. The van der Waals surface area contributed by atoms with Gasteiger partial charge in [-0.25, -0.2) is 0 Å². The molecular formula is C20H24N2O3S. The summed E-state index contributed by atoms with van der Waals surface area (Å²) >= 11 is 1.52. The molecule has 26 heavy (non-hydrogen) atoms. The monoisotopic (exact) mass is 372 g/mol. The molecular weight excluding hydrogens is 348 g/mol. The number of benzene rings is 1. The molecule has 2 amide bonds. The van der Waals surface area contributed by atoms with Gasteiger partial charge in [-0.1, -0.05) is 12.1 Å². The van der Waals surface area contributed by atoms with Crippen LogP contribution in [0.5, 0.6) is 5.75 Å². The number of ether oxygens (including phenoxy) is 1. The molecule has 5 nitrogen and oxygen atoms in total. The number of aryl methyl sites for hydroxylation is 1. The van der Waals surface area contributed by atoms with E-state index in [-0.39, 0.29) is 17.7 Å². The van der Waals surface area contributed by atoms with E-state index in [0.717, 1.165) is 16.9 Å². The summed E-state index contributed by atoms with van der Waals surface area (Å²) in [5, 5.41) is 6.72. The molecule has 1 aliphatic heterocycles. The normalized spacial score (nSPS) is 14.9. The maximum Gasteiger partial charge on any atom is 0.254 e. The van der Waals surface area contributed by atoms with Gasteiger partial charge in [0.15, 0.2) is 0 Å². The van der Waals surface area contributed by atoms with Gasteiger partial charge in [0.25, 0.3) is 5.91 Å². The first-order valence-corrected chi connectivity index (χ1v) is 9.86. The van der Waals surface area contributed by atoms with E-state index in [4.69, 9.17) is 4.74 Å². The molecule has 0 saturated carbocycles. The Bertz CT molecular complexity index is 737. The van der Waals surface area contributed by atoms with Crippen LogP contribution in [0.4, 0.5) is 0 Å². The average Bonchev–Trinajstić information content (AvgIpc) is 3.19. The Morgan fingerprint density at radius 2 is 2.08 bits per heavy atom. The first kappa shape index (κ1) is 18.5. The summed E-state index contributed by atoms with van der Waals surface area (Å²) in [7, 11) is 0. The number of hydrogen-bond donors (Lipinski definition) is 1. The van der Waals surface area contributed by atoms with Gasteiger partial charge in [-0.2, -0.15) is 11.3 Å². The Balaban J connectivity index is 1.36. The second-order valence-corrected chi connectivity index (χ2v) is 7.31. The molecule has 0 unspecified atom stereocenters. The molecule has 1 aliphatic rings. The number of hydrogen-bond acceptors (Lipinski definition) is 4. The molecule has 1 fully saturated rings. The zero-order chi connectivity index (χ0) is 18.4. The summed E-state index contributed by atoms with van der Waals surface area (Å²) in [5.74, 6) is 0.914. The maximum absolute atomic E-state index is 12.3. The number of nitrogens with one attached hydrogen (secondary N) is 1. The van der Waals surface area contributed by atoms with Crippen molar-refractivity contribution in [3.05, 3.63) is 52.2 Å². The molecule has 3 rings (SSSR count). The number of rotatable bonds is 6. The Labute approximate surface area is 158 Å². The second-order valence-electron chi connectivity index (χ2n) is 6.53. The molecule has 0 spiro atoms. The smallest absolute Gasteiger partial charge is 0.254 e. The zero-order valence-electron chi connectivity index (χ0n) is 14.9. The summed E-state index contributed by atoms with van der Waals surface area (Å²) in [5.41, 5.74) is 1.89. The van der Waals surface area contributed by atoms with Gasteiger partial charge in [0.2, 0.25) is 5.91 Å². The van der Waals surface area contributed by atoms with E-state index in [0.29, 0.717) is 39.1 Å². The Morgan fingerprint density at radius 1 is 1.27 bits per heavy atom. The first-order valence-electron chi connectivity index (χ1n) is 8.92. The highest BCUT2D eigenvalue weighted by molar-refractivity contribution is 7.08. The van der Waals surface area contributed by atoms with Crippen LogP contribution in [0.1, 0.15) is 28.8 Å². The van der Waals surface area contributed by atoms with Crippen LogP contribution in [-0.4, -0.2) is 43.0 Å². The van der Waals surface area contributed by atoms with Crippen molar-refractivity contribution in [2.45, 2.75) is 19.8 Å². The summed E-state index contributed by atoms with van der Waals surface area (Å²) in [6.07, 6.45) is 1.42. The summed E-state index contributed by atoms with van der Waals surface area (Å²) in [6.45, 7) is 4.22. The minimum Gasteiger partial charge on any atom is -0.492 e. The van der Waals surface area contributed by atoms with Crippen molar-refractivity contribution in [1.29, 1.82) is 0 Å². The van der Waals surface area contributed by atoms with E-state index in [1.165, 1.54) is 11.3 Å². The van der Waals surface area contributed by atoms with Gasteiger partial charge in [-0.05, 0) is 48.9 Å². The number of likely N-dealkylation sites (tertiary alicyclic amines) is 1. The molecule has 1 aromatic heterocycles. The third-order valence-electron chi connectivity index (χ3n) is 4.58. The number of piperidine rings is 1. The van der Waals surface area contributed by atoms with Gasteiger partial charge in [-0.3, -0.25) is 9.59 Å². The first-order chi connectivity index (χ1) is 12.6. The van der Waals surface area contributed by atoms with E-state index >= 15 is 0 Å². The predicted molar refractivity (Wildman–Crippen MR) is 103 cm³/mol. The van der Waals surface area contributed by atoms with Gasteiger partial charge in [0.1, 0.15) is 12.4 Å². The van der Waals surface area contributed by atoms with Crippen molar-refractivity contribution < 1.29 is 14.3 Å². The van der Waals surface area contributed by atoms with Gasteiger partial charge in [-0.15, -0.1) is 0 Å². The van der Waals surface area contributed by atoms with Crippen LogP contribution in [0, 0.1) is 12.8 Å². The standard InChI is InChI=1S/C20H24N2O3S/c1-15-3-2-4-18(13-15)25-11-8-21-19(23)16-5-9-22(10-6-16)20(24)17-7-12-26-14-17/h2-4,7,12-14,16H,5-6,8-11H2,1H3,(H,21,23). The van der Waals surface area contributed by atoms with Crippen LogP contribution in [0.25, 0.3) is 0 Å². The quantitative estimate of drug-likeness (QED) is 0.793. The Morgan fingerprint density at radius 3 is 2.77 bits per heavy atom. The number of amides is 2. The molecule has 2 aromatic rings. The fourth-order valence-electron chi connectivity index (χ4n) is 3.11. The van der Waals surface area contributed by atoms with Crippen LogP contribution >= 0.6 is 11.3 Å². The lowest BCUT2D eigenvalue weighted by Gasteiger charge is -2.31. The topological polar surface area (TPSA) is 58.6 Å². The molecule has 1 saturated heterocycles. The summed E-state index contributed by atoms with van der Waals surface area (Å²) in [6, 6.07) is 9.70. The second kappa shape index (κ2) is 8.85. The highest BCUT2D eigenvalue weighted by atomic mass is 32.1. The predicted octanol–water partition coefficient (Wildman–Crippen LogP) is 3.10. The van der Waals surface area contributed by atoms with Crippen LogP contribution in [0.2, 0.25) is 0 Å². The molecule has 1 aromatic carbocycles. The van der Waals surface area contributed by atoms with Crippen molar-refractivity contribution in [3.8, 4) is 5.75 Å². The van der Waals surface area contributed by atoms with Crippen molar-refractivity contribution in [1.82, 2.24) is 10.2 Å². The van der Waals surface area contributed by atoms with E-state index < -0.39 is 0 Å². The van der Waals surface area contributed by atoms with Crippen LogP contribution < -0.4 is 10.1 Å². The summed E-state index contributed by atoms with van der Waals surface area (Å²) < 4.78 is 5.65. The molecule has 0 aliphatic carbocycles. The molecule has 0 radical (unpaired) electrons. The SMILES string of the molecule is Cc1cccc(OCCNC(=O)C2CCN(C(=O)c3ccsc3)CC2)c1. The van der Waals surface area contributed by atoms with E-state index in [9.17, 15) is 9.59 Å². The van der Waals surface area contributed by atoms with Crippen molar-refractivity contribution >= 4 is 23.2 Å². The number of thiophene rings is 1. The Hall–Kier alpha value is -2.34. The van der Waals surface area contributed by atoms with E-state index in [2.05, 4.69) is 5.32 Å². The molecule has 6 heteroatoms. The lowest BCUT2D eigenvalue weighted by molar-refractivity contribution is -0.126. The van der Waals surface area contributed by atoms with Crippen molar-refractivity contribution in [3.63, 3.8) is 0 Å². The van der Waals surface area contributed by atoms with Gasteiger partial charge >= 0.3 is 0 Å². The van der Waals surface area contributed by atoms with Gasteiger partial charge in [0.05, 0.1) is 12.1 Å². The molecule has 2 heterocycles. The molecule has 1 N–H and O–H groups in total. The van der Waals surface area contributed by atoms with Crippen LogP contribution in [-0.2, 0) is 4.79 Å². The lowest BCUT2D eigenvalue weighted by atomic mass is 9.95. The third kappa shape index (κ3) is 4.85. The third-order valence-corrected chi connectivity index (χ3v) is 5.26. The number of carbonyl (C=O) groups excluding carboxylic acids is 2. The molecule has 0 bridgehead atoms. The van der Waals surface area contributed by atoms with Crippen LogP contribution in [0.15, 0.2) is 41.1 Å². The highest BCUT2D eigenvalue weighted by Gasteiger charge is 2.27. The van der Waals surface area contributed by atoms with E-state index in [1.807, 2.05) is 52.9 Å². The highest BCUT2D eigenvalue weighted by Crippen LogP contribution is 2.20. The lowest BCUT2D eigenvalue weighted by Crippen LogP contribution is -2.43. The van der Waals surface area contributed by atoms with Gasteiger partial charge in [0, 0.05) is 24.4 Å². The van der Waals surface area contributed by atoms with Gasteiger partial charge < -0.3 is 15.0 Å². The average molecular weight is 372 g/mol. The fraction of sp³-hybridized carbons (Fsp3) is 0.400. The van der Waals surface area contributed by atoms with Crippen LogP contribution in [0.3, 0.4) is 0 Å². The number of nitrogens with zero attached hydrogens (tertiary/aromatic N) is 1. The zero-order valence-corrected chi connectivity index (χ0v) is 15.8. The van der Waals surface area contributed by atoms with Crippen molar-refractivity contribution in [2.24, 2.45) is 5.92 Å². The molecule has 138 valence electrons. The van der Waals surface area contributed by atoms with E-state index in [1.54, 1.807) is 0 Å². The summed E-state index contributed by atoms with van der Waals surface area (Å²) in [4.78, 5) is 26.5. The fourth-order valence-corrected chi connectivity index (χ4v) is 3.74. The maximum atomic E-state index is 12.3. The Kier molecular flexibility index (Phi) is 6.28. The minimum atomic E-state index is -0.0273. The molecule has 0 atom stereocenters. The van der Waals surface area contributed by atoms with Crippen molar-refractivity contribution in [2.75, 3.05) is 26.2 Å². The largest absolute Gasteiger partial charge is 0.492 e. The number of carbonyl (C=O) groups is 2.